The summed E-state index contributed by atoms with van der Waals surface area (Å²) in [6.07, 6.45) is 8.82. The number of morpholine rings is 1. The zero-order chi connectivity index (χ0) is 20.8. The molecule has 0 amide bonds. The number of nitro groups is 1. The lowest BCUT2D eigenvalue weighted by atomic mass is 10.1. The smallest absolute Gasteiger partial charge is 0.269 e. The van der Waals surface area contributed by atoms with Gasteiger partial charge in [0.05, 0.1) is 36.8 Å². The molecule has 1 aliphatic heterocycles. The molecule has 1 aromatic heterocycles. The lowest BCUT2D eigenvalue weighted by Crippen LogP contribution is -2.36. The van der Waals surface area contributed by atoms with Gasteiger partial charge in [0.25, 0.3) is 5.69 Å². The first kappa shape index (κ1) is 19.8. The van der Waals surface area contributed by atoms with E-state index in [1.165, 1.54) is 17.7 Å². The third kappa shape index (κ3) is 4.72. The van der Waals surface area contributed by atoms with Gasteiger partial charge in [-0.2, -0.15) is 10.2 Å². The molecule has 1 fully saturated rings. The fourth-order valence-corrected chi connectivity index (χ4v) is 3.62. The molecule has 0 spiro atoms. The maximum atomic E-state index is 10.9. The Kier molecular flexibility index (Phi) is 6.14. The summed E-state index contributed by atoms with van der Waals surface area (Å²) >= 11 is 0. The summed E-state index contributed by atoms with van der Waals surface area (Å²) in [5, 5.41) is 19.2. The lowest BCUT2D eigenvalue weighted by molar-refractivity contribution is -0.384. The van der Waals surface area contributed by atoms with Crippen molar-refractivity contribution in [3.63, 3.8) is 0 Å². The predicted octanol–water partition coefficient (Wildman–Crippen LogP) is 4.06. The number of hydrogen-bond acceptors (Lipinski definition) is 7. The van der Waals surface area contributed by atoms with Crippen molar-refractivity contribution < 1.29 is 14.1 Å². The number of rotatable bonds is 6. The van der Waals surface area contributed by atoms with Crippen LogP contribution in [0.1, 0.15) is 24.2 Å². The molecule has 2 aliphatic rings. The highest BCUT2D eigenvalue weighted by Gasteiger charge is 2.25. The molecule has 1 aromatic carbocycles. The maximum absolute atomic E-state index is 10.9. The predicted molar refractivity (Wildman–Crippen MR) is 115 cm³/mol. The summed E-state index contributed by atoms with van der Waals surface area (Å²) in [4.78, 5) is 12.8. The van der Waals surface area contributed by atoms with Crippen molar-refractivity contribution in [1.82, 2.24) is 4.90 Å². The molecule has 8 heteroatoms. The van der Waals surface area contributed by atoms with Crippen molar-refractivity contribution in [2.24, 2.45) is 10.2 Å². The minimum atomic E-state index is -0.386. The Bertz CT molecular complexity index is 998. The molecule has 0 bridgehead atoms. The van der Waals surface area contributed by atoms with Gasteiger partial charge >= 0.3 is 0 Å². The summed E-state index contributed by atoms with van der Waals surface area (Å²) in [5.74, 6) is 0.653. The zero-order valence-electron chi connectivity index (χ0n) is 16.4. The lowest BCUT2D eigenvalue weighted by Gasteiger charge is -2.31. The zero-order valence-corrected chi connectivity index (χ0v) is 16.4. The number of allylic oxidation sites excluding steroid dienone is 2. The van der Waals surface area contributed by atoms with E-state index >= 15 is 0 Å². The highest BCUT2D eigenvalue weighted by atomic mass is 16.6. The second-order valence-corrected chi connectivity index (χ2v) is 7.00. The van der Waals surface area contributed by atoms with Crippen LogP contribution in [0, 0.1) is 10.1 Å². The van der Waals surface area contributed by atoms with Gasteiger partial charge in [-0.05, 0) is 59.9 Å². The highest BCUT2D eigenvalue weighted by molar-refractivity contribution is 5.84. The standard InChI is InChI=1S/C22H22N4O4/c27-26(28)20-7-3-17(4-8-20)14-18-5-6-19(22(18)25-9-12-29-13-10-25)15-23-24-16-21-2-1-11-30-21/h1-4,7-8,11,14-16H,5-6,9-10,12-13H2/b18-14+,23-15+,24-16+. The average Bonchev–Trinajstić information content (AvgIpc) is 3.42. The maximum Gasteiger partial charge on any atom is 0.269 e. The largest absolute Gasteiger partial charge is 0.463 e. The molecule has 154 valence electrons. The third-order valence-electron chi connectivity index (χ3n) is 5.05. The summed E-state index contributed by atoms with van der Waals surface area (Å²) < 4.78 is 10.7. The first-order chi connectivity index (χ1) is 14.7. The molecule has 2 heterocycles. The van der Waals surface area contributed by atoms with E-state index in [9.17, 15) is 10.1 Å². The number of nitro benzene ring substituents is 1. The Morgan fingerprint density at radius 3 is 2.50 bits per heavy atom. The van der Waals surface area contributed by atoms with Crippen LogP contribution < -0.4 is 0 Å². The van der Waals surface area contributed by atoms with E-state index in [-0.39, 0.29) is 10.6 Å². The Labute approximate surface area is 174 Å². The molecule has 30 heavy (non-hydrogen) atoms. The fraction of sp³-hybridized carbons (Fsp3) is 0.273. The van der Waals surface area contributed by atoms with E-state index in [0.717, 1.165) is 42.8 Å². The molecule has 2 aromatic rings. The van der Waals surface area contributed by atoms with Crippen LogP contribution in [0.25, 0.3) is 6.08 Å². The molecule has 8 nitrogen and oxygen atoms in total. The molecular weight excluding hydrogens is 384 g/mol. The summed E-state index contributed by atoms with van der Waals surface area (Å²) in [7, 11) is 0. The molecule has 0 atom stereocenters. The molecule has 1 saturated heterocycles. The van der Waals surface area contributed by atoms with Crippen LogP contribution in [0.3, 0.4) is 0 Å². The molecule has 1 aliphatic carbocycles. The number of furan rings is 1. The van der Waals surface area contributed by atoms with Gasteiger partial charge in [0.1, 0.15) is 5.76 Å². The number of benzene rings is 1. The van der Waals surface area contributed by atoms with Crippen LogP contribution in [0.4, 0.5) is 5.69 Å². The van der Waals surface area contributed by atoms with Crippen molar-refractivity contribution in [2.75, 3.05) is 26.3 Å². The molecular formula is C22H22N4O4. The molecule has 4 rings (SSSR count). The summed E-state index contributed by atoms with van der Waals surface area (Å²) in [5.41, 5.74) is 4.52. The van der Waals surface area contributed by atoms with E-state index in [2.05, 4.69) is 21.2 Å². The first-order valence-corrected chi connectivity index (χ1v) is 9.82. The van der Waals surface area contributed by atoms with Gasteiger partial charge in [0.2, 0.25) is 0 Å². The second kappa shape index (κ2) is 9.32. The average molecular weight is 406 g/mol. The van der Waals surface area contributed by atoms with Crippen molar-refractivity contribution in [2.45, 2.75) is 12.8 Å². The summed E-state index contributed by atoms with van der Waals surface area (Å²) in [6.45, 7) is 3.02. The molecule has 0 radical (unpaired) electrons. The number of nitrogens with zero attached hydrogens (tertiary/aromatic N) is 4. The first-order valence-electron chi connectivity index (χ1n) is 9.82. The quantitative estimate of drug-likeness (QED) is 0.410. The molecule has 0 saturated carbocycles. The molecule has 0 unspecified atom stereocenters. The van der Waals surface area contributed by atoms with Gasteiger partial charge in [-0.1, -0.05) is 0 Å². The topological polar surface area (TPSA) is 93.5 Å². The van der Waals surface area contributed by atoms with Gasteiger partial charge in [-0.3, -0.25) is 10.1 Å². The van der Waals surface area contributed by atoms with Crippen LogP contribution in [0.5, 0.6) is 0 Å². The molecule has 0 N–H and O–H groups in total. The highest BCUT2D eigenvalue weighted by Crippen LogP contribution is 2.35. The van der Waals surface area contributed by atoms with Crippen LogP contribution in [-0.4, -0.2) is 48.6 Å². The number of hydrogen-bond donors (Lipinski definition) is 0. The fourth-order valence-electron chi connectivity index (χ4n) is 3.62. The van der Waals surface area contributed by atoms with Crippen LogP contribution in [0.15, 0.2) is 74.1 Å². The van der Waals surface area contributed by atoms with Gasteiger partial charge in [-0.25, -0.2) is 0 Å². The van der Waals surface area contributed by atoms with E-state index < -0.39 is 0 Å². The van der Waals surface area contributed by atoms with Crippen molar-refractivity contribution in [1.29, 1.82) is 0 Å². The van der Waals surface area contributed by atoms with Gasteiger partial charge < -0.3 is 14.1 Å². The van der Waals surface area contributed by atoms with Crippen molar-refractivity contribution in [3.8, 4) is 0 Å². The van der Waals surface area contributed by atoms with Gasteiger partial charge in [0, 0.05) is 30.9 Å². The van der Waals surface area contributed by atoms with Crippen LogP contribution in [0.2, 0.25) is 0 Å². The van der Waals surface area contributed by atoms with Gasteiger partial charge in [-0.15, -0.1) is 0 Å². The summed E-state index contributed by atoms with van der Waals surface area (Å²) in [6, 6.07) is 10.2. The third-order valence-corrected chi connectivity index (χ3v) is 5.05. The van der Waals surface area contributed by atoms with Crippen LogP contribution >= 0.6 is 0 Å². The van der Waals surface area contributed by atoms with Gasteiger partial charge in [0.15, 0.2) is 0 Å². The second-order valence-electron chi connectivity index (χ2n) is 7.00. The van der Waals surface area contributed by atoms with Crippen molar-refractivity contribution in [3.05, 3.63) is 80.9 Å². The van der Waals surface area contributed by atoms with E-state index in [1.54, 1.807) is 36.9 Å². The number of non-ortho nitro benzene ring substituents is 1. The van der Waals surface area contributed by atoms with Crippen LogP contribution in [-0.2, 0) is 4.74 Å². The van der Waals surface area contributed by atoms with Crippen molar-refractivity contribution >= 4 is 24.2 Å². The number of ether oxygens (including phenoxy) is 1. The SMILES string of the molecule is O=[N+]([O-])c1ccc(/C=C2\CCC(/C=N/N=C/c3ccco3)=C2N2CCOCC2)cc1. The normalized spacial score (nSPS) is 18.9. The van der Waals surface area contributed by atoms with E-state index in [0.29, 0.717) is 19.0 Å². The Hall–Kier alpha value is -3.52. The Morgan fingerprint density at radius 1 is 1.03 bits per heavy atom. The van der Waals surface area contributed by atoms with E-state index in [4.69, 9.17) is 9.15 Å². The Balaban J connectivity index is 1.60. The minimum Gasteiger partial charge on any atom is -0.463 e. The van der Waals surface area contributed by atoms with E-state index in [1.807, 2.05) is 6.07 Å². The monoisotopic (exact) mass is 406 g/mol. The minimum absolute atomic E-state index is 0.0924. The Morgan fingerprint density at radius 2 is 1.80 bits per heavy atom.